The number of carbonyl (C=O) groups is 4. The Balaban J connectivity index is 1.97. The number of aromatic nitrogens is 6. The summed E-state index contributed by atoms with van der Waals surface area (Å²) >= 11 is 0. The van der Waals surface area contributed by atoms with Crippen LogP contribution in [0.4, 0.5) is 0 Å². The second-order valence-corrected chi connectivity index (χ2v) is 12.8. The quantitative estimate of drug-likeness (QED) is 0.172. The van der Waals surface area contributed by atoms with Gasteiger partial charge < -0.3 is 32.7 Å². The Morgan fingerprint density at radius 3 is 1.41 bits per heavy atom. The molecule has 0 saturated heterocycles. The second-order valence-electron chi connectivity index (χ2n) is 12.8. The Morgan fingerprint density at radius 1 is 0.674 bits per heavy atom. The number of fused-ring (bicyclic) bond motifs is 4. The van der Waals surface area contributed by atoms with Crippen molar-refractivity contribution in [2.45, 2.75) is 116 Å². The molecule has 3 heterocycles. The first kappa shape index (κ1) is 36.5. The molecule has 0 aromatic carbocycles. The van der Waals surface area contributed by atoms with Crippen molar-refractivity contribution in [1.29, 1.82) is 0 Å². The highest BCUT2D eigenvalue weighted by atomic mass is 16.2. The van der Waals surface area contributed by atoms with Crippen LogP contribution in [0.5, 0.6) is 0 Å². The van der Waals surface area contributed by atoms with Crippen molar-refractivity contribution in [2.24, 2.45) is 23.3 Å². The molecule has 0 fully saturated rings. The molecular formula is C30H52N12O4. The molecular weight excluding hydrogens is 592 g/mol. The maximum Gasteiger partial charge on any atom is 0.245 e. The van der Waals surface area contributed by atoms with E-state index in [1.807, 2.05) is 27.7 Å². The summed E-state index contributed by atoms with van der Waals surface area (Å²) in [5.41, 5.74) is 12.3. The molecule has 3 rings (SSSR count). The first-order chi connectivity index (χ1) is 22.0. The number of hydrogen-bond acceptors (Lipinski definition) is 10. The lowest BCUT2D eigenvalue weighted by Gasteiger charge is -2.24. The monoisotopic (exact) mass is 644 g/mol. The zero-order valence-electron chi connectivity index (χ0n) is 27.6. The minimum absolute atomic E-state index is 0.0457. The topological polar surface area (TPSA) is 230 Å². The third-order valence-corrected chi connectivity index (χ3v) is 7.80. The van der Waals surface area contributed by atoms with Gasteiger partial charge >= 0.3 is 0 Å². The van der Waals surface area contributed by atoms with E-state index in [-0.39, 0.29) is 48.6 Å². The highest BCUT2D eigenvalue weighted by Gasteiger charge is 2.31. The average Bonchev–Trinajstić information content (AvgIpc) is 3.68. The van der Waals surface area contributed by atoms with Gasteiger partial charge in [0, 0.05) is 0 Å². The Morgan fingerprint density at radius 2 is 1.07 bits per heavy atom. The molecule has 0 unspecified atom stereocenters. The molecule has 4 bridgehead atoms. The molecule has 16 heteroatoms. The van der Waals surface area contributed by atoms with Crippen molar-refractivity contribution in [1.82, 2.24) is 51.3 Å². The van der Waals surface area contributed by atoms with Gasteiger partial charge in [-0.25, -0.2) is 9.36 Å². The van der Waals surface area contributed by atoms with Crippen LogP contribution in [-0.4, -0.2) is 78.8 Å². The Hall–Kier alpha value is -3.92. The molecule has 4 atom stereocenters. The lowest BCUT2D eigenvalue weighted by Crippen LogP contribution is -2.49. The van der Waals surface area contributed by atoms with E-state index in [0.717, 1.165) is 0 Å². The minimum atomic E-state index is -0.813. The fourth-order valence-corrected chi connectivity index (χ4v) is 5.32. The normalized spacial score (nSPS) is 21.9. The van der Waals surface area contributed by atoms with Gasteiger partial charge in [-0.05, 0) is 76.3 Å². The number of carbonyl (C=O) groups excluding carboxylic acids is 4. The van der Waals surface area contributed by atoms with Crippen molar-refractivity contribution in [2.75, 3.05) is 13.1 Å². The van der Waals surface area contributed by atoms with Crippen LogP contribution in [0, 0.1) is 11.8 Å². The summed E-state index contributed by atoms with van der Waals surface area (Å²) in [7, 11) is 0. The number of amides is 4. The maximum atomic E-state index is 13.6. The predicted octanol–water partition coefficient (Wildman–Crippen LogP) is 0.218. The van der Waals surface area contributed by atoms with Gasteiger partial charge in [-0.1, -0.05) is 38.1 Å². The van der Waals surface area contributed by atoms with Crippen LogP contribution in [0.2, 0.25) is 0 Å². The number of rotatable bonds is 12. The van der Waals surface area contributed by atoms with Crippen molar-refractivity contribution < 1.29 is 19.2 Å². The van der Waals surface area contributed by atoms with Crippen molar-refractivity contribution >= 4 is 23.6 Å². The Bertz CT molecular complexity index is 1180. The molecule has 2 aromatic heterocycles. The van der Waals surface area contributed by atoms with Gasteiger partial charge in [0.1, 0.15) is 35.6 Å². The molecule has 0 saturated carbocycles. The number of nitrogens with zero attached hydrogens (tertiary/aromatic N) is 6. The van der Waals surface area contributed by atoms with E-state index in [1.54, 1.807) is 12.4 Å². The summed E-state index contributed by atoms with van der Waals surface area (Å²) in [5.74, 6) is -1.17. The van der Waals surface area contributed by atoms with E-state index in [4.69, 9.17) is 11.5 Å². The lowest BCUT2D eigenvalue weighted by molar-refractivity contribution is -0.131. The fraction of sp³-hybridized carbons (Fsp3) is 0.733. The summed E-state index contributed by atoms with van der Waals surface area (Å²) in [6.45, 7) is 9.00. The van der Waals surface area contributed by atoms with E-state index in [2.05, 4.69) is 41.9 Å². The molecule has 256 valence electrons. The van der Waals surface area contributed by atoms with E-state index in [9.17, 15) is 19.2 Å². The Labute approximate surface area is 270 Å². The highest BCUT2D eigenvalue weighted by molar-refractivity contribution is 5.90. The maximum absolute atomic E-state index is 13.6. The zero-order chi connectivity index (χ0) is 33.6. The van der Waals surface area contributed by atoms with Crippen LogP contribution in [0.15, 0.2) is 12.4 Å². The summed E-state index contributed by atoms with van der Waals surface area (Å²) in [6, 6.07) is -3.08. The standard InChI is InChI=1S/C30H52N12O4/c1-19(2)13-25-29(45)35-23(9-5-7-11-31)27(43)34-16-22-18-42(40-38-22)26(14-20(3)4)30(46)36-24(10-6-8-12-32)28(44)33-15-21-17-41(25)39-37-21/h17-20,23-26H,5-16,31-32H2,1-4H3,(H,33,44)(H,34,43)(H,35,45)(H,36,46)/t23-,24-,25+,26+/m0/s1. The van der Waals surface area contributed by atoms with Crippen LogP contribution < -0.4 is 32.7 Å². The first-order valence-corrected chi connectivity index (χ1v) is 16.4. The number of unbranched alkanes of at least 4 members (excludes halogenated alkanes) is 2. The van der Waals surface area contributed by atoms with E-state index in [1.165, 1.54) is 9.36 Å². The molecule has 4 amide bonds. The second kappa shape index (κ2) is 18.3. The number of hydrogen-bond donors (Lipinski definition) is 6. The van der Waals surface area contributed by atoms with E-state index in [0.29, 0.717) is 75.8 Å². The molecule has 46 heavy (non-hydrogen) atoms. The van der Waals surface area contributed by atoms with E-state index >= 15 is 0 Å². The molecule has 16 nitrogen and oxygen atoms in total. The summed E-state index contributed by atoms with van der Waals surface area (Å²) < 4.78 is 2.94. The smallest absolute Gasteiger partial charge is 0.245 e. The van der Waals surface area contributed by atoms with Gasteiger partial charge in [-0.15, -0.1) is 10.2 Å². The number of nitrogens with one attached hydrogen (secondary N) is 4. The SMILES string of the molecule is CC(C)C[C@@H]1C(=O)N[C@@H](CCCCN)C(=O)NCc2cn(nn2)[C@H](CC(C)C)C(=O)N[C@@H](CCCCN)C(=O)NCc2cn1nn2. The largest absolute Gasteiger partial charge is 0.349 e. The summed E-state index contributed by atoms with van der Waals surface area (Å²) in [6.07, 6.45) is 7.64. The molecule has 1 aliphatic rings. The first-order valence-electron chi connectivity index (χ1n) is 16.4. The third kappa shape index (κ3) is 11.2. The van der Waals surface area contributed by atoms with Crippen molar-refractivity contribution in [3.8, 4) is 0 Å². The van der Waals surface area contributed by atoms with Gasteiger partial charge in [0.15, 0.2) is 0 Å². The van der Waals surface area contributed by atoms with E-state index < -0.39 is 24.2 Å². The Kier molecular flexibility index (Phi) is 14.5. The average molecular weight is 645 g/mol. The minimum Gasteiger partial charge on any atom is -0.349 e. The van der Waals surface area contributed by atoms with Crippen molar-refractivity contribution in [3.63, 3.8) is 0 Å². The third-order valence-electron chi connectivity index (χ3n) is 7.80. The lowest BCUT2D eigenvalue weighted by atomic mass is 10.0. The van der Waals surface area contributed by atoms with Crippen LogP contribution in [-0.2, 0) is 32.3 Å². The molecule has 0 spiro atoms. The number of nitrogens with two attached hydrogens (primary N) is 2. The van der Waals surface area contributed by atoms with Crippen molar-refractivity contribution in [3.05, 3.63) is 23.8 Å². The van der Waals surface area contributed by atoms with Crippen LogP contribution >= 0.6 is 0 Å². The van der Waals surface area contributed by atoms with Gasteiger partial charge in [-0.2, -0.15) is 0 Å². The highest BCUT2D eigenvalue weighted by Crippen LogP contribution is 2.20. The fourth-order valence-electron chi connectivity index (χ4n) is 5.32. The predicted molar refractivity (Wildman–Crippen MR) is 170 cm³/mol. The summed E-state index contributed by atoms with van der Waals surface area (Å²) in [4.78, 5) is 54.1. The van der Waals surface area contributed by atoms with Gasteiger partial charge in [0.2, 0.25) is 23.6 Å². The van der Waals surface area contributed by atoms with Gasteiger partial charge in [0.05, 0.1) is 25.5 Å². The molecule has 0 aliphatic carbocycles. The van der Waals surface area contributed by atoms with Crippen LogP contribution in [0.25, 0.3) is 0 Å². The molecule has 0 radical (unpaired) electrons. The molecule has 8 N–H and O–H groups in total. The van der Waals surface area contributed by atoms with Gasteiger partial charge in [0.25, 0.3) is 0 Å². The summed E-state index contributed by atoms with van der Waals surface area (Å²) in [5, 5.41) is 28.4. The molecule has 2 aromatic rings. The van der Waals surface area contributed by atoms with Crippen LogP contribution in [0.3, 0.4) is 0 Å². The van der Waals surface area contributed by atoms with Gasteiger partial charge in [-0.3, -0.25) is 19.2 Å². The van der Waals surface area contributed by atoms with Crippen LogP contribution in [0.1, 0.15) is 103 Å². The zero-order valence-corrected chi connectivity index (χ0v) is 27.6. The molecule has 1 aliphatic heterocycles.